The molecule has 1 aromatic heterocycles. The number of rotatable bonds is 1. The quantitative estimate of drug-likeness (QED) is 0.667. The summed E-state index contributed by atoms with van der Waals surface area (Å²) in [5.74, 6) is 0.539. The summed E-state index contributed by atoms with van der Waals surface area (Å²) in [6.07, 6.45) is 2.19. The fourth-order valence-corrected chi connectivity index (χ4v) is 2.03. The zero-order valence-electron chi connectivity index (χ0n) is 8.71. The fraction of sp³-hybridized carbons (Fsp3) is 0.333. The molecule has 0 saturated carbocycles. The van der Waals surface area contributed by atoms with Gasteiger partial charge in [-0.1, -0.05) is 25.4 Å². The maximum Gasteiger partial charge on any atom is 0.0481 e. The molecule has 1 nitrogen and oxygen atoms in total. The minimum atomic E-state index is 0.539. The predicted octanol–water partition coefficient (Wildman–Crippen LogP) is 3.96. The Labute approximate surface area is 89.3 Å². The number of fused-ring (bicyclic) bond motifs is 1. The molecular formula is C12H14ClN. The van der Waals surface area contributed by atoms with Gasteiger partial charge in [-0.05, 0) is 29.7 Å². The zero-order chi connectivity index (χ0) is 10.3. The summed E-state index contributed by atoms with van der Waals surface area (Å²) in [5.41, 5.74) is 2.61. The molecule has 0 amide bonds. The van der Waals surface area contributed by atoms with Crippen molar-refractivity contribution in [3.05, 3.63) is 35.0 Å². The van der Waals surface area contributed by atoms with Gasteiger partial charge in [-0.25, -0.2) is 0 Å². The van der Waals surface area contributed by atoms with Gasteiger partial charge in [-0.2, -0.15) is 0 Å². The summed E-state index contributed by atoms with van der Waals surface area (Å²) < 4.78 is 2.15. The van der Waals surface area contributed by atoms with Crippen LogP contribution >= 0.6 is 11.6 Å². The van der Waals surface area contributed by atoms with Gasteiger partial charge in [0.2, 0.25) is 0 Å². The van der Waals surface area contributed by atoms with Crippen LogP contribution in [0.25, 0.3) is 10.9 Å². The first-order valence-electron chi connectivity index (χ1n) is 4.84. The number of hydrogen-bond donors (Lipinski definition) is 0. The Morgan fingerprint density at radius 1 is 1.29 bits per heavy atom. The third-order valence-electron chi connectivity index (χ3n) is 2.60. The minimum Gasteiger partial charge on any atom is -0.350 e. The van der Waals surface area contributed by atoms with Crippen molar-refractivity contribution in [2.24, 2.45) is 7.05 Å². The van der Waals surface area contributed by atoms with Gasteiger partial charge < -0.3 is 4.57 Å². The van der Waals surface area contributed by atoms with Crippen molar-refractivity contribution in [1.29, 1.82) is 0 Å². The minimum absolute atomic E-state index is 0.539. The molecule has 0 atom stereocenters. The van der Waals surface area contributed by atoms with Crippen molar-refractivity contribution in [3.8, 4) is 0 Å². The van der Waals surface area contributed by atoms with E-state index < -0.39 is 0 Å². The second-order valence-corrected chi connectivity index (χ2v) is 4.45. The van der Waals surface area contributed by atoms with E-state index in [-0.39, 0.29) is 0 Å². The molecule has 0 N–H and O–H groups in total. The summed E-state index contributed by atoms with van der Waals surface area (Å²) in [6, 6.07) is 6.06. The molecule has 0 unspecified atom stereocenters. The summed E-state index contributed by atoms with van der Waals surface area (Å²) in [6.45, 7) is 4.41. The van der Waals surface area contributed by atoms with E-state index in [4.69, 9.17) is 11.6 Å². The van der Waals surface area contributed by atoms with Crippen LogP contribution in [0.3, 0.4) is 0 Å². The molecular weight excluding hydrogens is 194 g/mol. The number of aromatic nitrogens is 1. The maximum atomic E-state index is 6.00. The molecule has 0 spiro atoms. The third kappa shape index (κ3) is 1.42. The second-order valence-electron chi connectivity index (χ2n) is 4.01. The lowest BCUT2D eigenvalue weighted by molar-refractivity contribution is 0.857. The molecule has 1 aromatic carbocycles. The molecule has 0 fully saturated rings. The van der Waals surface area contributed by atoms with Crippen molar-refractivity contribution in [2.45, 2.75) is 19.8 Å². The number of aryl methyl sites for hydroxylation is 1. The monoisotopic (exact) mass is 207 g/mol. The van der Waals surface area contributed by atoms with Crippen LogP contribution in [0, 0.1) is 0 Å². The molecule has 2 rings (SSSR count). The highest BCUT2D eigenvalue weighted by Crippen LogP contribution is 2.28. The maximum absolute atomic E-state index is 6.00. The highest BCUT2D eigenvalue weighted by atomic mass is 35.5. The molecule has 2 aromatic rings. The Hall–Kier alpha value is -0.950. The SMILES string of the molecule is CC(C)c1cn(C)c2ccc(Cl)cc12. The average Bonchev–Trinajstić information content (AvgIpc) is 2.43. The van der Waals surface area contributed by atoms with E-state index in [0.29, 0.717) is 5.92 Å². The van der Waals surface area contributed by atoms with E-state index in [0.717, 1.165) is 5.02 Å². The number of benzene rings is 1. The van der Waals surface area contributed by atoms with E-state index in [2.05, 4.69) is 37.7 Å². The van der Waals surface area contributed by atoms with Crippen molar-refractivity contribution in [3.63, 3.8) is 0 Å². The van der Waals surface area contributed by atoms with Gasteiger partial charge in [0.05, 0.1) is 0 Å². The van der Waals surface area contributed by atoms with E-state index >= 15 is 0 Å². The molecule has 2 heteroatoms. The van der Waals surface area contributed by atoms with E-state index in [9.17, 15) is 0 Å². The molecule has 0 aliphatic heterocycles. The largest absolute Gasteiger partial charge is 0.350 e. The van der Waals surface area contributed by atoms with E-state index in [1.165, 1.54) is 16.5 Å². The molecule has 0 bridgehead atoms. The molecule has 0 aliphatic carbocycles. The molecule has 0 aliphatic rings. The summed E-state index contributed by atoms with van der Waals surface area (Å²) in [4.78, 5) is 0. The Morgan fingerprint density at radius 2 is 2.00 bits per heavy atom. The lowest BCUT2D eigenvalue weighted by atomic mass is 10.0. The van der Waals surface area contributed by atoms with Gasteiger partial charge in [-0.15, -0.1) is 0 Å². The van der Waals surface area contributed by atoms with Crippen LogP contribution in [0.4, 0.5) is 0 Å². The van der Waals surface area contributed by atoms with Gasteiger partial charge in [0.15, 0.2) is 0 Å². The standard InChI is InChI=1S/C12H14ClN/c1-8(2)11-7-14(3)12-5-4-9(13)6-10(11)12/h4-8H,1-3H3. The summed E-state index contributed by atoms with van der Waals surface area (Å²) in [7, 11) is 2.07. The molecule has 1 heterocycles. The summed E-state index contributed by atoms with van der Waals surface area (Å²) >= 11 is 6.00. The summed E-state index contributed by atoms with van der Waals surface area (Å²) in [5, 5.41) is 2.08. The first kappa shape index (κ1) is 9.60. The smallest absolute Gasteiger partial charge is 0.0481 e. The van der Waals surface area contributed by atoms with Crippen LogP contribution in [-0.2, 0) is 7.05 Å². The second kappa shape index (κ2) is 3.32. The number of nitrogens with zero attached hydrogens (tertiary/aromatic N) is 1. The molecule has 14 heavy (non-hydrogen) atoms. The topological polar surface area (TPSA) is 4.93 Å². The van der Waals surface area contributed by atoms with Crippen molar-refractivity contribution in [1.82, 2.24) is 4.57 Å². The molecule has 0 saturated heterocycles. The van der Waals surface area contributed by atoms with E-state index in [1.807, 2.05) is 12.1 Å². The van der Waals surface area contributed by atoms with Crippen molar-refractivity contribution >= 4 is 22.5 Å². The van der Waals surface area contributed by atoms with Crippen LogP contribution in [0.5, 0.6) is 0 Å². The van der Waals surface area contributed by atoms with E-state index in [1.54, 1.807) is 0 Å². The van der Waals surface area contributed by atoms with Gasteiger partial charge in [0.25, 0.3) is 0 Å². The Kier molecular flexibility index (Phi) is 2.28. The third-order valence-corrected chi connectivity index (χ3v) is 2.84. The highest BCUT2D eigenvalue weighted by molar-refractivity contribution is 6.31. The van der Waals surface area contributed by atoms with Crippen LogP contribution in [0.2, 0.25) is 5.02 Å². The highest BCUT2D eigenvalue weighted by Gasteiger charge is 2.09. The zero-order valence-corrected chi connectivity index (χ0v) is 9.47. The number of halogens is 1. The lowest BCUT2D eigenvalue weighted by Gasteiger charge is -2.01. The number of hydrogen-bond acceptors (Lipinski definition) is 0. The van der Waals surface area contributed by atoms with Crippen LogP contribution in [0.15, 0.2) is 24.4 Å². The van der Waals surface area contributed by atoms with Crippen LogP contribution < -0.4 is 0 Å². The predicted molar refractivity (Wildman–Crippen MR) is 62.0 cm³/mol. The van der Waals surface area contributed by atoms with Crippen molar-refractivity contribution < 1.29 is 0 Å². The molecule has 74 valence electrons. The average molecular weight is 208 g/mol. The van der Waals surface area contributed by atoms with Crippen LogP contribution in [0.1, 0.15) is 25.3 Å². The normalized spacial score (nSPS) is 11.5. The Bertz CT molecular complexity index is 468. The van der Waals surface area contributed by atoms with Gasteiger partial charge in [0, 0.05) is 29.2 Å². The van der Waals surface area contributed by atoms with Crippen molar-refractivity contribution in [2.75, 3.05) is 0 Å². The Morgan fingerprint density at radius 3 is 2.64 bits per heavy atom. The fourth-order valence-electron chi connectivity index (χ4n) is 1.85. The van der Waals surface area contributed by atoms with Gasteiger partial charge >= 0.3 is 0 Å². The van der Waals surface area contributed by atoms with Gasteiger partial charge in [-0.3, -0.25) is 0 Å². The van der Waals surface area contributed by atoms with Gasteiger partial charge in [0.1, 0.15) is 0 Å². The first-order valence-corrected chi connectivity index (χ1v) is 5.22. The van der Waals surface area contributed by atoms with Crippen LogP contribution in [-0.4, -0.2) is 4.57 Å². The first-order chi connectivity index (χ1) is 6.59. The Balaban J connectivity index is 2.79. The lowest BCUT2D eigenvalue weighted by Crippen LogP contribution is -1.84. The molecule has 0 radical (unpaired) electrons.